The fourth-order valence-corrected chi connectivity index (χ4v) is 8.84. The van der Waals surface area contributed by atoms with E-state index >= 15 is 0 Å². The highest BCUT2D eigenvalue weighted by Gasteiger charge is 2.24. The Morgan fingerprint density at radius 3 is 0.986 bits per heavy atom. The molecule has 2 aromatic heterocycles. The van der Waals surface area contributed by atoms with Gasteiger partial charge < -0.3 is 34.1 Å². The molecule has 0 fully saturated rings. The Bertz CT molecular complexity index is 1860. The monoisotopic (exact) mass is 1030 g/mol. The van der Waals surface area contributed by atoms with Crippen molar-refractivity contribution < 1.29 is 33.8 Å². The van der Waals surface area contributed by atoms with Gasteiger partial charge in [-0.1, -0.05) is 237 Å². The molecule has 0 radical (unpaired) electrons. The van der Waals surface area contributed by atoms with Gasteiger partial charge in [0, 0.05) is 25.2 Å². The van der Waals surface area contributed by atoms with Crippen LogP contribution >= 0.6 is 0 Å². The van der Waals surface area contributed by atoms with Crippen LogP contribution < -0.4 is 30.0 Å². The number of hydrogen-bond donors (Lipinski definition) is 1. The van der Waals surface area contributed by atoms with Crippen molar-refractivity contribution in [3.63, 3.8) is 0 Å². The first kappa shape index (κ1) is 65.7. The van der Waals surface area contributed by atoms with E-state index in [2.05, 4.69) is 13.8 Å². The Hall–Kier alpha value is -4.46. The Kier molecular flexibility index (Phi) is 38.8. The standard InChI is InChI=1S/C54H94N4O8.C7H8O/c1-7-9-11-13-15-17-19-21-23-25-27-29-31-33-35-37-39-63-51-45-57(47(41-49(51)59)43-55(3)4)65-53(61)54(62)66-58-46-52(50(60)42-48(58)44-56(5)6)64-40-38-36-34-32-30-28-26-24-22-20-18-16-14-12-10-8-2;8-6-7-4-2-1-3-5-7/h41-42,45-46H,7-40,43-44H2,1-6H3;1-5,8H,6H2. The summed E-state index contributed by atoms with van der Waals surface area (Å²) >= 11 is 0. The van der Waals surface area contributed by atoms with Gasteiger partial charge in [-0.3, -0.25) is 9.59 Å². The highest BCUT2D eigenvalue weighted by Crippen LogP contribution is 2.17. The first-order chi connectivity index (χ1) is 36.0. The Morgan fingerprint density at radius 1 is 0.446 bits per heavy atom. The number of hydrogen-bond acceptors (Lipinski definition) is 11. The molecule has 3 rings (SSSR count). The van der Waals surface area contributed by atoms with E-state index in [0.717, 1.165) is 53.5 Å². The molecule has 420 valence electrons. The van der Waals surface area contributed by atoms with Gasteiger partial charge in [0.15, 0.2) is 11.5 Å². The zero-order chi connectivity index (χ0) is 53.9. The normalized spacial score (nSPS) is 11.2. The second-order valence-corrected chi connectivity index (χ2v) is 20.8. The van der Waals surface area contributed by atoms with Gasteiger partial charge >= 0.3 is 11.9 Å². The van der Waals surface area contributed by atoms with Crippen LogP contribution in [0.25, 0.3) is 0 Å². The number of carbonyl (C=O) groups excluding carboxylic acids is 2. The van der Waals surface area contributed by atoms with E-state index in [1.54, 1.807) is 0 Å². The van der Waals surface area contributed by atoms with E-state index in [-0.39, 0.29) is 42.1 Å². The quantitative estimate of drug-likeness (QED) is 0.0427. The first-order valence-electron chi connectivity index (χ1n) is 29.1. The highest BCUT2D eigenvalue weighted by molar-refractivity contribution is 6.30. The van der Waals surface area contributed by atoms with Crippen LogP contribution in [0.4, 0.5) is 0 Å². The van der Waals surface area contributed by atoms with Gasteiger partial charge in [-0.15, -0.1) is 0 Å². The fraction of sp³-hybridized carbons (Fsp3) is 0.705. The van der Waals surface area contributed by atoms with Crippen LogP contribution in [-0.4, -0.2) is 77.7 Å². The Balaban J connectivity index is 0.00000212. The van der Waals surface area contributed by atoms with Crippen molar-refractivity contribution in [3.05, 3.63) is 92.3 Å². The van der Waals surface area contributed by atoms with Crippen LogP contribution in [0.5, 0.6) is 11.5 Å². The third-order valence-corrected chi connectivity index (χ3v) is 13.1. The highest BCUT2D eigenvalue weighted by atomic mass is 16.7. The van der Waals surface area contributed by atoms with Crippen LogP contribution in [0, 0.1) is 0 Å². The summed E-state index contributed by atoms with van der Waals surface area (Å²) in [6.07, 6.45) is 43.2. The van der Waals surface area contributed by atoms with E-state index in [1.807, 2.05) is 68.3 Å². The van der Waals surface area contributed by atoms with Crippen LogP contribution in [0.3, 0.4) is 0 Å². The molecule has 0 saturated heterocycles. The number of unbranched alkanes of at least 4 members (excludes halogenated alkanes) is 30. The van der Waals surface area contributed by atoms with E-state index in [4.69, 9.17) is 24.3 Å². The number of rotatable bonds is 43. The lowest BCUT2D eigenvalue weighted by molar-refractivity contribution is -0.168. The Labute approximate surface area is 447 Å². The SMILES string of the molecule is CCCCCCCCCCCCCCCCCCOc1cn(OC(=O)C(=O)On2cc(OCCCCCCCCCCCCCCCCCC)c(=O)cc2CN(C)C)c(CN(C)C)cc1=O.OCc1ccccc1. The molecule has 0 atom stereocenters. The molecule has 1 N–H and O–H groups in total. The zero-order valence-electron chi connectivity index (χ0n) is 47.4. The summed E-state index contributed by atoms with van der Waals surface area (Å²) in [5, 5.41) is 8.54. The molecular formula is C61H102N4O9. The van der Waals surface area contributed by atoms with Gasteiger partial charge in [-0.25, -0.2) is 9.59 Å². The summed E-state index contributed by atoms with van der Waals surface area (Å²) < 4.78 is 13.9. The number of benzene rings is 1. The number of aromatic nitrogens is 2. The molecule has 1 aromatic carbocycles. The molecule has 0 saturated carbocycles. The maximum atomic E-state index is 13.2. The maximum Gasteiger partial charge on any atom is 0.444 e. The van der Waals surface area contributed by atoms with Crippen molar-refractivity contribution >= 4 is 11.9 Å². The zero-order valence-corrected chi connectivity index (χ0v) is 47.4. The van der Waals surface area contributed by atoms with E-state index < -0.39 is 11.9 Å². The molecular weight excluding hydrogens is 933 g/mol. The molecule has 0 unspecified atom stereocenters. The number of carbonyl (C=O) groups is 2. The lowest BCUT2D eigenvalue weighted by Gasteiger charge is -2.18. The smallest absolute Gasteiger partial charge is 0.444 e. The van der Waals surface area contributed by atoms with Gasteiger partial charge in [-0.2, -0.15) is 9.46 Å². The topological polar surface area (TPSA) is 142 Å². The summed E-state index contributed by atoms with van der Waals surface area (Å²) in [6, 6.07) is 12.2. The molecule has 0 aliphatic heterocycles. The second-order valence-electron chi connectivity index (χ2n) is 20.8. The summed E-state index contributed by atoms with van der Waals surface area (Å²) in [7, 11) is 7.26. The number of nitrogens with zero attached hydrogens (tertiary/aromatic N) is 4. The van der Waals surface area contributed by atoms with Gasteiger partial charge in [0.25, 0.3) is 0 Å². The van der Waals surface area contributed by atoms with Crippen LogP contribution in [0.15, 0.2) is 64.4 Å². The predicted molar refractivity (Wildman–Crippen MR) is 302 cm³/mol. The molecule has 74 heavy (non-hydrogen) atoms. The van der Waals surface area contributed by atoms with E-state index in [9.17, 15) is 19.2 Å². The molecule has 0 aliphatic carbocycles. The molecule has 3 aromatic rings. The molecule has 0 bridgehead atoms. The third kappa shape index (κ3) is 32.8. The third-order valence-electron chi connectivity index (χ3n) is 13.1. The minimum atomic E-state index is -1.31. The summed E-state index contributed by atoms with van der Waals surface area (Å²) in [6.45, 7) is 5.88. The van der Waals surface area contributed by atoms with Crippen LogP contribution in [0.2, 0.25) is 0 Å². The van der Waals surface area contributed by atoms with Crippen molar-refractivity contribution in [1.82, 2.24) is 19.3 Å². The van der Waals surface area contributed by atoms with Gasteiger partial charge in [0.05, 0.1) is 43.6 Å². The van der Waals surface area contributed by atoms with Crippen molar-refractivity contribution in [1.29, 1.82) is 0 Å². The van der Waals surface area contributed by atoms with Crippen molar-refractivity contribution in [2.75, 3.05) is 41.4 Å². The van der Waals surface area contributed by atoms with Crippen LogP contribution in [0.1, 0.15) is 236 Å². The largest absolute Gasteiger partial charge is 0.488 e. The van der Waals surface area contributed by atoms with Gasteiger partial charge in [-0.05, 0) is 46.6 Å². The summed E-state index contributed by atoms with van der Waals surface area (Å²) in [4.78, 5) is 67.1. The Morgan fingerprint density at radius 2 is 0.730 bits per heavy atom. The second kappa shape index (κ2) is 43.7. The van der Waals surface area contributed by atoms with Crippen molar-refractivity contribution in [2.45, 2.75) is 239 Å². The average Bonchev–Trinajstić information content (AvgIpc) is 3.38. The maximum absolute atomic E-state index is 13.2. The van der Waals surface area contributed by atoms with E-state index in [0.29, 0.717) is 24.6 Å². The van der Waals surface area contributed by atoms with E-state index in [1.165, 1.54) is 191 Å². The number of ether oxygens (including phenoxy) is 2. The predicted octanol–water partition coefficient (Wildman–Crippen LogP) is 13.2. The number of pyridine rings is 2. The minimum Gasteiger partial charge on any atom is -0.488 e. The van der Waals surface area contributed by atoms with Gasteiger partial charge in [0.2, 0.25) is 10.9 Å². The molecule has 13 nitrogen and oxygen atoms in total. The lowest BCUT2D eigenvalue weighted by atomic mass is 10.0. The van der Waals surface area contributed by atoms with Crippen LogP contribution in [-0.2, 0) is 29.3 Å². The summed E-state index contributed by atoms with van der Waals surface area (Å²) in [5.41, 5.74) is 0.982. The molecule has 0 aliphatic rings. The summed E-state index contributed by atoms with van der Waals surface area (Å²) in [5.74, 6) is -2.57. The molecule has 0 amide bonds. The molecule has 0 spiro atoms. The lowest BCUT2D eigenvalue weighted by Crippen LogP contribution is -2.37. The molecule has 13 heteroatoms. The number of aliphatic hydroxyl groups is 1. The molecule has 2 heterocycles. The number of aliphatic hydroxyl groups excluding tert-OH is 1. The van der Waals surface area contributed by atoms with Crippen molar-refractivity contribution in [2.24, 2.45) is 0 Å². The average molecular weight is 1040 g/mol. The minimum absolute atomic E-state index is 0.0273. The van der Waals surface area contributed by atoms with Gasteiger partial charge in [0.1, 0.15) is 0 Å². The fourth-order valence-electron chi connectivity index (χ4n) is 8.84. The van der Waals surface area contributed by atoms with Crippen molar-refractivity contribution in [3.8, 4) is 11.5 Å². The first-order valence-corrected chi connectivity index (χ1v) is 29.1.